The summed E-state index contributed by atoms with van der Waals surface area (Å²) in [6.45, 7) is 1.43. The lowest BCUT2D eigenvalue weighted by atomic mass is 10.2. The van der Waals surface area contributed by atoms with Crippen molar-refractivity contribution in [2.24, 2.45) is 7.05 Å². The molecule has 2 amide bonds. The number of nitrogens with zero attached hydrogens (tertiary/aromatic N) is 2. The molecule has 0 atom stereocenters. The molecule has 7 heteroatoms. The van der Waals surface area contributed by atoms with Crippen LogP contribution < -0.4 is 14.8 Å². The highest BCUT2D eigenvalue weighted by molar-refractivity contribution is 6.30. The summed E-state index contributed by atoms with van der Waals surface area (Å²) in [6, 6.07) is 7.04. The lowest BCUT2D eigenvalue weighted by Crippen LogP contribution is -2.31. The third-order valence-corrected chi connectivity index (χ3v) is 3.83. The molecule has 0 unspecified atom stereocenters. The second-order valence-corrected chi connectivity index (χ2v) is 5.81. The number of rotatable bonds is 3. The number of aromatic nitrogens is 1. The smallest absolute Gasteiger partial charge is 0.322 e. The molecule has 0 bridgehead atoms. The normalized spacial score (nSPS) is 12.8. The average Bonchev–Trinajstić information content (AvgIpc) is 2.85. The molecule has 6 nitrogen and oxygen atoms in total. The second-order valence-electron chi connectivity index (χ2n) is 5.38. The molecule has 1 N–H and O–H groups in total. The fraction of sp³-hybridized carbons (Fsp3) is 0.312. The first-order chi connectivity index (χ1) is 11.0. The fourth-order valence-corrected chi connectivity index (χ4v) is 2.69. The van der Waals surface area contributed by atoms with Crippen LogP contribution in [0.3, 0.4) is 0 Å². The van der Waals surface area contributed by atoms with E-state index in [1.165, 1.54) is 0 Å². The number of nitrogens with one attached hydrogen (secondary N) is 1. The minimum atomic E-state index is -0.232. The minimum Gasteiger partial charge on any atom is -0.486 e. The van der Waals surface area contributed by atoms with Crippen molar-refractivity contribution in [3.63, 3.8) is 0 Å². The van der Waals surface area contributed by atoms with E-state index >= 15 is 0 Å². The van der Waals surface area contributed by atoms with Gasteiger partial charge in [-0.25, -0.2) is 4.79 Å². The SMILES string of the molecule is CN(Cc1cc(Cl)cn1C)C(=O)Nc1cccc2c1OCCO2. The van der Waals surface area contributed by atoms with Crippen LogP contribution in [0, 0.1) is 0 Å². The molecular formula is C16H18ClN3O3. The second kappa shape index (κ2) is 6.42. The number of anilines is 1. The number of fused-ring (bicyclic) bond motifs is 1. The molecule has 2 heterocycles. The summed E-state index contributed by atoms with van der Waals surface area (Å²) in [4.78, 5) is 14.0. The van der Waals surface area contributed by atoms with E-state index in [4.69, 9.17) is 21.1 Å². The van der Waals surface area contributed by atoms with Crippen molar-refractivity contribution in [1.29, 1.82) is 0 Å². The summed E-state index contributed by atoms with van der Waals surface area (Å²) in [5.41, 5.74) is 1.55. The van der Waals surface area contributed by atoms with Gasteiger partial charge in [0.1, 0.15) is 13.2 Å². The van der Waals surface area contributed by atoms with Crippen LogP contribution in [0.5, 0.6) is 11.5 Å². The highest BCUT2D eigenvalue weighted by Crippen LogP contribution is 2.37. The van der Waals surface area contributed by atoms with Crippen LogP contribution in [0.25, 0.3) is 0 Å². The molecule has 0 saturated heterocycles. The van der Waals surface area contributed by atoms with Gasteiger partial charge in [0.2, 0.25) is 0 Å². The van der Waals surface area contributed by atoms with E-state index in [1.807, 2.05) is 29.8 Å². The topological polar surface area (TPSA) is 55.7 Å². The maximum atomic E-state index is 12.4. The van der Waals surface area contributed by atoms with Crippen molar-refractivity contribution in [2.45, 2.75) is 6.54 Å². The standard InChI is InChI=1S/C16H18ClN3O3/c1-19-9-11(17)8-12(19)10-20(2)16(21)18-13-4-3-5-14-15(13)23-7-6-22-14/h3-5,8-9H,6-7,10H2,1-2H3,(H,18,21). The number of hydrogen-bond acceptors (Lipinski definition) is 3. The van der Waals surface area contributed by atoms with E-state index in [-0.39, 0.29) is 6.03 Å². The first-order valence-electron chi connectivity index (χ1n) is 7.26. The molecule has 1 aromatic heterocycles. The predicted molar refractivity (Wildman–Crippen MR) is 88.3 cm³/mol. The van der Waals surface area contributed by atoms with Gasteiger partial charge in [0, 0.05) is 26.0 Å². The number of aryl methyl sites for hydroxylation is 1. The molecular weight excluding hydrogens is 318 g/mol. The lowest BCUT2D eigenvalue weighted by Gasteiger charge is -2.23. The van der Waals surface area contributed by atoms with Crippen LogP contribution in [0.15, 0.2) is 30.5 Å². The molecule has 122 valence electrons. The third-order valence-electron chi connectivity index (χ3n) is 3.63. The maximum Gasteiger partial charge on any atom is 0.322 e. The first kappa shape index (κ1) is 15.6. The van der Waals surface area contributed by atoms with E-state index in [9.17, 15) is 4.79 Å². The van der Waals surface area contributed by atoms with Crippen LogP contribution in [-0.2, 0) is 13.6 Å². The van der Waals surface area contributed by atoms with Crippen molar-refractivity contribution in [1.82, 2.24) is 9.47 Å². The highest BCUT2D eigenvalue weighted by Gasteiger charge is 2.19. The van der Waals surface area contributed by atoms with Gasteiger partial charge in [-0.15, -0.1) is 0 Å². The van der Waals surface area contributed by atoms with E-state index in [0.29, 0.717) is 42.0 Å². The minimum absolute atomic E-state index is 0.232. The highest BCUT2D eigenvalue weighted by atomic mass is 35.5. The van der Waals surface area contributed by atoms with Gasteiger partial charge in [-0.1, -0.05) is 17.7 Å². The predicted octanol–water partition coefficient (Wildman–Crippen LogP) is 3.11. The Labute approximate surface area is 139 Å². The van der Waals surface area contributed by atoms with Crippen molar-refractivity contribution in [3.05, 3.63) is 41.2 Å². The van der Waals surface area contributed by atoms with E-state index in [2.05, 4.69) is 5.32 Å². The van der Waals surface area contributed by atoms with Crippen LogP contribution in [0.4, 0.5) is 10.5 Å². The number of carbonyl (C=O) groups is 1. The molecule has 2 aromatic rings. The monoisotopic (exact) mass is 335 g/mol. The fourth-order valence-electron chi connectivity index (χ4n) is 2.42. The zero-order valence-electron chi connectivity index (χ0n) is 13.0. The summed E-state index contributed by atoms with van der Waals surface area (Å²) in [6.07, 6.45) is 1.81. The number of para-hydroxylation sites is 1. The molecule has 0 fully saturated rings. The summed E-state index contributed by atoms with van der Waals surface area (Å²) >= 11 is 5.97. The quantitative estimate of drug-likeness (QED) is 0.937. The molecule has 3 rings (SSSR count). The van der Waals surface area contributed by atoms with Gasteiger partial charge in [-0.2, -0.15) is 0 Å². The first-order valence-corrected chi connectivity index (χ1v) is 7.64. The molecule has 0 spiro atoms. The summed E-state index contributed by atoms with van der Waals surface area (Å²) in [7, 11) is 3.62. The maximum absolute atomic E-state index is 12.4. The van der Waals surface area contributed by atoms with Gasteiger partial charge in [0.05, 0.1) is 17.3 Å². The van der Waals surface area contributed by atoms with Crippen molar-refractivity contribution in [3.8, 4) is 11.5 Å². The average molecular weight is 336 g/mol. The third kappa shape index (κ3) is 3.37. The van der Waals surface area contributed by atoms with Crippen molar-refractivity contribution >= 4 is 23.3 Å². The van der Waals surface area contributed by atoms with E-state index < -0.39 is 0 Å². The Morgan fingerprint density at radius 1 is 1.39 bits per heavy atom. The lowest BCUT2D eigenvalue weighted by molar-refractivity contribution is 0.172. The van der Waals surface area contributed by atoms with Gasteiger partial charge >= 0.3 is 6.03 Å². The van der Waals surface area contributed by atoms with Crippen molar-refractivity contribution in [2.75, 3.05) is 25.6 Å². The van der Waals surface area contributed by atoms with Gasteiger partial charge in [0.15, 0.2) is 11.5 Å². The Morgan fingerprint density at radius 2 is 2.17 bits per heavy atom. The largest absolute Gasteiger partial charge is 0.486 e. The Morgan fingerprint density at radius 3 is 2.91 bits per heavy atom. The molecule has 0 saturated carbocycles. The Balaban J connectivity index is 1.70. The molecule has 1 aromatic carbocycles. The molecule has 0 radical (unpaired) electrons. The summed E-state index contributed by atoms with van der Waals surface area (Å²) < 4.78 is 13.0. The number of benzene rings is 1. The number of urea groups is 1. The van der Waals surface area contributed by atoms with E-state index in [0.717, 1.165) is 5.69 Å². The number of hydrogen-bond donors (Lipinski definition) is 1. The Hall–Kier alpha value is -2.34. The molecule has 23 heavy (non-hydrogen) atoms. The Kier molecular flexibility index (Phi) is 4.34. The molecule has 0 aliphatic carbocycles. The number of amides is 2. The van der Waals surface area contributed by atoms with Crippen LogP contribution in [0.1, 0.15) is 5.69 Å². The number of ether oxygens (including phenoxy) is 2. The summed E-state index contributed by atoms with van der Waals surface area (Å²) in [5.74, 6) is 1.22. The van der Waals surface area contributed by atoms with Gasteiger partial charge in [0.25, 0.3) is 0 Å². The molecule has 1 aliphatic rings. The van der Waals surface area contributed by atoms with Crippen LogP contribution in [0.2, 0.25) is 5.02 Å². The number of halogens is 1. The summed E-state index contributed by atoms with van der Waals surface area (Å²) in [5, 5.41) is 3.51. The van der Waals surface area contributed by atoms with Gasteiger partial charge in [-0.05, 0) is 18.2 Å². The Bertz CT molecular complexity index is 729. The van der Waals surface area contributed by atoms with Crippen molar-refractivity contribution < 1.29 is 14.3 Å². The zero-order chi connectivity index (χ0) is 16.4. The van der Waals surface area contributed by atoms with Gasteiger partial charge in [-0.3, -0.25) is 0 Å². The van der Waals surface area contributed by atoms with Gasteiger partial charge < -0.3 is 24.3 Å². The molecule has 1 aliphatic heterocycles. The van der Waals surface area contributed by atoms with Crippen LogP contribution in [-0.4, -0.2) is 35.8 Å². The van der Waals surface area contributed by atoms with Crippen LogP contribution >= 0.6 is 11.6 Å². The van der Waals surface area contributed by atoms with E-state index in [1.54, 1.807) is 24.2 Å². The number of carbonyl (C=O) groups excluding carboxylic acids is 1. The zero-order valence-corrected chi connectivity index (χ0v) is 13.8.